The molecule has 1 N–H and O–H groups in total. The van der Waals surface area contributed by atoms with Gasteiger partial charge < -0.3 is 14.9 Å². The first kappa shape index (κ1) is 20.6. The Morgan fingerprint density at radius 1 is 1.20 bits per heavy atom. The summed E-state index contributed by atoms with van der Waals surface area (Å²) in [7, 11) is 1.75. The molecule has 4 rings (SSSR count). The van der Waals surface area contributed by atoms with Crippen LogP contribution in [0.25, 0.3) is 0 Å². The summed E-state index contributed by atoms with van der Waals surface area (Å²) in [6.45, 7) is 6.17. The maximum Gasteiger partial charge on any atom is 0.253 e. The number of nitrogens with zero attached hydrogens (tertiary/aromatic N) is 4. The van der Waals surface area contributed by atoms with Crippen molar-refractivity contribution in [1.82, 2.24) is 19.6 Å². The van der Waals surface area contributed by atoms with Crippen LogP contribution in [0.15, 0.2) is 30.3 Å². The molecule has 2 aliphatic rings. The van der Waals surface area contributed by atoms with Crippen molar-refractivity contribution in [2.24, 2.45) is 5.41 Å². The van der Waals surface area contributed by atoms with Gasteiger partial charge in [0.15, 0.2) is 0 Å². The number of rotatable bonds is 3. The molecule has 30 heavy (non-hydrogen) atoms. The Kier molecular flexibility index (Phi) is 5.40. The quantitative estimate of drug-likeness (QED) is 0.839. The highest BCUT2D eigenvalue weighted by Gasteiger charge is 2.47. The third-order valence-electron chi connectivity index (χ3n) is 6.56. The highest BCUT2D eigenvalue weighted by Crippen LogP contribution is 2.40. The van der Waals surface area contributed by atoms with Crippen molar-refractivity contribution in [2.45, 2.75) is 45.8 Å². The molecule has 0 aliphatic carbocycles. The highest BCUT2D eigenvalue weighted by atomic mass is 16.3. The maximum atomic E-state index is 13.0. The minimum atomic E-state index is -0.521. The maximum absolute atomic E-state index is 13.0. The summed E-state index contributed by atoms with van der Waals surface area (Å²) in [5.41, 5.74) is 3.35. The number of likely N-dealkylation sites (N-methyl/N-ethyl adjacent to an activating group) is 1. The van der Waals surface area contributed by atoms with Crippen LogP contribution in [0.3, 0.4) is 0 Å². The fourth-order valence-corrected chi connectivity index (χ4v) is 4.91. The molecule has 2 saturated heterocycles. The van der Waals surface area contributed by atoms with E-state index in [4.69, 9.17) is 0 Å². The van der Waals surface area contributed by atoms with Gasteiger partial charge in [-0.3, -0.25) is 14.3 Å². The number of carbonyl (C=O) groups is 2. The van der Waals surface area contributed by atoms with E-state index in [1.807, 2.05) is 47.7 Å². The number of aliphatic hydroxyl groups is 1. The first-order valence-corrected chi connectivity index (χ1v) is 10.6. The summed E-state index contributed by atoms with van der Waals surface area (Å²) >= 11 is 0. The molecule has 1 aromatic carbocycles. The molecule has 2 aliphatic heterocycles. The molecule has 160 valence electrons. The zero-order valence-corrected chi connectivity index (χ0v) is 18.0. The minimum absolute atomic E-state index is 0.000300. The summed E-state index contributed by atoms with van der Waals surface area (Å²) in [6, 6.07) is 9.75. The molecular formula is C23H30N4O3. The predicted molar refractivity (Wildman–Crippen MR) is 113 cm³/mol. The van der Waals surface area contributed by atoms with E-state index in [1.165, 1.54) is 0 Å². The molecule has 1 aromatic heterocycles. The molecule has 2 amide bonds. The van der Waals surface area contributed by atoms with Crippen LogP contribution in [0.4, 0.5) is 0 Å². The molecular weight excluding hydrogens is 380 g/mol. The molecule has 2 aromatic rings. The van der Waals surface area contributed by atoms with Gasteiger partial charge in [0.1, 0.15) is 0 Å². The summed E-state index contributed by atoms with van der Waals surface area (Å²) in [4.78, 5) is 29.1. The van der Waals surface area contributed by atoms with Crippen molar-refractivity contribution in [1.29, 1.82) is 0 Å². The zero-order chi connectivity index (χ0) is 21.5. The van der Waals surface area contributed by atoms with E-state index in [0.717, 1.165) is 17.0 Å². The lowest BCUT2D eigenvalue weighted by Crippen LogP contribution is -2.56. The van der Waals surface area contributed by atoms with Crippen molar-refractivity contribution in [3.05, 3.63) is 52.8 Å². The van der Waals surface area contributed by atoms with Crippen molar-refractivity contribution >= 4 is 11.8 Å². The number of piperidine rings is 2. The Morgan fingerprint density at radius 3 is 2.47 bits per heavy atom. The third kappa shape index (κ3) is 3.86. The molecule has 0 saturated carbocycles. The van der Waals surface area contributed by atoms with Gasteiger partial charge >= 0.3 is 0 Å². The second-order valence-electron chi connectivity index (χ2n) is 8.90. The lowest BCUT2D eigenvalue weighted by Gasteiger charge is -2.47. The van der Waals surface area contributed by atoms with Gasteiger partial charge in [0.05, 0.1) is 23.8 Å². The molecule has 0 bridgehead atoms. The molecule has 3 heterocycles. The summed E-state index contributed by atoms with van der Waals surface area (Å²) in [5, 5.41) is 14.6. The number of amides is 2. The van der Waals surface area contributed by atoms with Gasteiger partial charge in [-0.15, -0.1) is 0 Å². The Bertz CT molecular complexity index is 942. The second kappa shape index (κ2) is 7.87. The van der Waals surface area contributed by atoms with Crippen molar-refractivity contribution in [3.8, 4) is 0 Å². The average Bonchev–Trinajstić information content (AvgIpc) is 3.03. The van der Waals surface area contributed by atoms with Gasteiger partial charge in [-0.05, 0) is 56.9 Å². The first-order chi connectivity index (χ1) is 14.3. The molecule has 1 spiro atoms. The Balaban J connectivity index is 1.39. The number of aromatic nitrogens is 2. The van der Waals surface area contributed by atoms with Crippen LogP contribution in [-0.4, -0.2) is 69.3 Å². The molecule has 1 unspecified atom stereocenters. The highest BCUT2D eigenvalue weighted by molar-refractivity contribution is 5.94. The van der Waals surface area contributed by atoms with E-state index in [0.29, 0.717) is 51.0 Å². The molecule has 1 atom stereocenters. The normalized spacial score (nSPS) is 21.3. The molecule has 2 fully saturated rings. The zero-order valence-electron chi connectivity index (χ0n) is 18.0. The Hall–Kier alpha value is -2.67. The fourth-order valence-electron chi connectivity index (χ4n) is 4.91. The number of carbonyl (C=O) groups excluding carboxylic acids is 2. The van der Waals surface area contributed by atoms with Crippen LogP contribution < -0.4 is 0 Å². The predicted octanol–water partition coefficient (Wildman–Crippen LogP) is 1.99. The molecule has 7 nitrogen and oxygen atoms in total. The largest absolute Gasteiger partial charge is 0.391 e. The SMILES string of the molecule is Cc1cc(C)n(Cc2ccc(C(=O)N3CCC4(CC3)CC(O)CN(C)C4=O)cc2)n1. The summed E-state index contributed by atoms with van der Waals surface area (Å²) in [5.74, 6) is 0.105. The lowest BCUT2D eigenvalue weighted by atomic mass is 9.71. The number of aliphatic hydroxyl groups excluding tert-OH is 1. The van der Waals surface area contributed by atoms with Crippen LogP contribution >= 0.6 is 0 Å². The van der Waals surface area contributed by atoms with E-state index in [-0.39, 0.29) is 11.8 Å². The van der Waals surface area contributed by atoms with Gasteiger partial charge in [0.25, 0.3) is 5.91 Å². The van der Waals surface area contributed by atoms with Crippen LogP contribution in [0.5, 0.6) is 0 Å². The lowest BCUT2D eigenvalue weighted by molar-refractivity contribution is -0.154. The fraction of sp³-hybridized carbons (Fsp3) is 0.522. The van der Waals surface area contributed by atoms with Crippen molar-refractivity contribution in [3.63, 3.8) is 0 Å². The third-order valence-corrected chi connectivity index (χ3v) is 6.56. The number of aryl methyl sites for hydroxylation is 2. The number of hydrogen-bond donors (Lipinski definition) is 1. The number of β-amino-alcohol motifs (C(OH)–C–C–N with tert-alkyl or cyclic N) is 1. The monoisotopic (exact) mass is 410 g/mol. The average molecular weight is 411 g/mol. The van der Waals surface area contributed by atoms with E-state index < -0.39 is 11.5 Å². The van der Waals surface area contributed by atoms with Crippen molar-refractivity contribution < 1.29 is 14.7 Å². The minimum Gasteiger partial charge on any atom is -0.391 e. The molecule has 7 heteroatoms. The summed E-state index contributed by atoms with van der Waals surface area (Å²) < 4.78 is 1.96. The Labute approximate surface area is 177 Å². The van der Waals surface area contributed by atoms with Gasteiger partial charge in [0.2, 0.25) is 5.91 Å². The van der Waals surface area contributed by atoms with E-state index in [1.54, 1.807) is 11.9 Å². The second-order valence-corrected chi connectivity index (χ2v) is 8.90. The van der Waals surface area contributed by atoms with Gasteiger partial charge in [-0.2, -0.15) is 5.10 Å². The van der Waals surface area contributed by atoms with Crippen LogP contribution in [-0.2, 0) is 11.3 Å². The number of hydrogen-bond acceptors (Lipinski definition) is 4. The topological polar surface area (TPSA) is 78.7 Å². The number of likely N-dealkylation sites (tertiary alicyclic amines) is 2. The van der Waals surface area contributed by atoms with E-state index in [2.05, 4.69) is 11.2 Å². The summed E-state index contributed by atoms with van der Waals surface area (Å²) in [6.07, 6.45) is 1.23. The van der Waals surface area contributed by atoms with Gasteiger partial charge in [-0.1, -0.05) is 12.1 Å². The van der Waals surface area contributed by atoms with E-state index >= 15 is 0 Å². The first-order valence-electron chi connectivity index (χ1n) is 10.6. The van der Waals surface area contributed by atoms with Gasteiger partial charge in [-0.25, -0.2) is 0 Å². The van der Waals surface area contributed by atoms with Crippen LogP contribution in [0, 0.1) is 19.3 Å². The smallest absolute Gasteiger partial charge is 0.253 e. The van der Waals surface area contributed by atoms with Crippen LogP contribution in [0.1, 0.15) is 46.6 Å². The Morgan fingerprint density at radius 2 is 1.87 bits per heavy atom. The number of benzene rings is 1. The van der Waals surface area contributed by atoms with E-state index in [9.17, 15) is 14.7 Å². The van der Waals surface area contributed by atoms with Crippen molar-refractivity contribution in [2.75, 3.05) is 26.7 Å². The standard InChI is InChI=1S/C23H30N4O3/c1-16-12-17(2)27(24-16)14-18-4-6-19(7-5-18)21(29)26-10-8-23(9-11-26)13-20(28)15-25(3)22(23)30/h4-7,12,20,28H,8-11,13-15H2,1-3H3. The van der Waals surface area contributed by atoms with Gasteiger partial charge in [0, 0.05) is 37.9 Å². The molecule has 0 radical (unpaired) electrons. The van der Waals surface area contributed by atoms with Crippen LogP contribution in [0.2, 0.25) is 0 Å².